The Kier molecular flexibility index (Phi) is 3.20. The van der Waals surface area contributed by atoms with Crippen LogP contribution in [-0.4, -0.2) is 16.1 Å². The number of allylic oxidation sites excluding steroid dienone is 2. The van der Waals surface area contributed by atoms with Crippen LogP contribution in [0, 0.1) is 0 Å². The van der Waals surface area contributed by atoms with Crippen LogP contribution in [0.4, 0.5) is 0 Å². The molecule has 1 aliphatic heterocycles. The monoisotopic (exact) mass is 319 g/mol. The lowest BCUT2D eigenvalue weighted by molar-refractivity contribution is -0.117. The summed E-state index contributed by atoms with van der Waals surface area (Å²) in [5, 5.41) is 22.4. The quantitative estimate of drug-likeness (QED) is 0.796. The molecule has 4 heteroatoms. The molecule has 1 aliphatic carbocycles. The summed E-state index contributed by atoms with van der Waals surface area (Å²) in [6.45, 7) is 0. The fourth-order valence-electron chi connectivity index (χ4n) is 3.60. The van der Waals surface area contributed by atoms with Crippen LogP contribution in [0.3, 0.4) is 0 Å². The number of carbonyl (C=O) groups is 1. The first kappa shape index (κ1) is 14.6. The highest BCUT2D eigenvalue weighted by atomic mass is 16.3. The van der Waals surface area contributed by atoms with Crippen molar-refractivity contribution in [2.24, 2.45) is 0 Å². The number of aromatic hydroxyl groups is 2. The minimum absolute atomic E-state index is 0.0953. The van der Waals surface area contributed by atoms with Crippen LogP contribution < -0.4 is 5.32 Å². The predicted molar refractivity (Wildman–Crippen MR) is 90.5 cm³/mol. The number of hydrogen-bond donors (Lipinski definition) is 3. The van der Waals surface area contributed by atoms with Gasteiger partial charge in [0.15, 0.2) is 0 Å². The van der Waals surface area contributed by atoms with Gasteiger partial charge in [-0.1, -0.05) is 36.4 Å². The Bertz CT molecular complexity index is 815. The third-order valence-electron chi connectivity index (χ3n) is 4.70. The maximum Gasteiger partial charge on any atom is 0.252 e. The zero-order valence-electron chi connectivity index (χ0n) is 13.0. The smallest absolute Gasteiger partial charge is 0.252 e. The molecule has 1 saturated heterocycles. The Morgan fingerprint density at radius 1 is 0.792 bits per heavy atom. The molecule has 0 unspecified atom stereocenters. The average molecular weight is 319 g/mol. The summed E-state index contributed by atoms with van der Waals surface area (Å²) >= 11 is 0. The van der Waals surface area contributed by atoms with Gasteiger partial charge < -0.3 is 15.5 Å². The topological polar surface area (TPSA) is 69.6 Å². The molecule has 4 rings (SSSR count). The minimum atomic E-state index is -0.801. The first-order valence-electron chi connectivity index (χ1n) is 7.94. The van der Waals surface area contributed by atoms with E-state index in [4.69, 9.17) is 0 Å². The molecule has 0 saturated carbocycles. The van der Waals surface area contributed by atoms with Crippen LogP contribution in [0.25, 0.3) is 0 Å². The van der Waals surface area contributed by atoms with Crippen molar-refractivity contribution in [1.29, 1.82) is 0 Å². The Balaban J connectivity index is 1.99. The maximum absolute atomic E-state index is 12.6. The number of fused-ring (bicyclic) bond motifs is 1. The van der Waals surface area contributed by atoms with E-state index in [1.165, 1.54) is 0 Å². The van der Waals surface area contributed by atoms with Crippen LogP contribution in [0.15, 0.2) is 71.8 Å². The van der Waals surface area contributed by atoms with Gasteiger partial charge in [-0.3, -0.25) is 4.79 Å². The van der Waals surface area contributed by atoms with Crippen molar-refractivity contribution < 1.29 is 15.0 Å². The molecule has 0 bridgehead atoms. The van der Waals surface area contributed by atoms with Crippen molar-refractivity contribution in [2.75, 3.05) is 0 Å². The third kappa shape index (κ3) is 2.03. The van der Waals surface area contributed by atoms with Crippen LogP contribution in [-0.2, 0) is 10.3 Å². The van der Waals surface area contributed by atoms with Crippen molar-refractivity contribution >= 4 is 5.91 Å². The van der Waals surface area contributed by atoms with E-state index in [1.54, 1.807) is 24.3 Å². The zero-order chi connectivity index (χ0) is 16.7. The molecule has 4 nitrogen and oxygen atoms in total. The standard InChI is InChI=1S/C20H17NO3/c22-15-9-5-13(6-10-15)20(14-7-11-16(23)12-8-14)18-4-2-1-3-17(18)19(24)21-20/h3-12,22-23H,1-2H2,(H,21,24). The lowest BCUT2D eigenvalue weighted by atomic mass is 9.75. The predicted octanol–water partition coefficient (Wildman–Crippen LogP) is 3.12. The molecule has 1 fully saturated rings. The molecule has 0 spiro atoms. The molecule has 3 N–H and O–H groups in total. The number of nitrogens with one attached hydrogen (secondary N) is 1. The van der Waals surface area contributed by atoms with Crippen LogP contribution in [0.5, 0.6) is 11.5 Å². The summed E-state index contributed by atoms with van der Waals surface area (Å²) in [6.07, 6.45) is 5.82. The van der Waals surface area contributed by atoms with E-state index in [0.717, 1.165) is 29.5 Å². The Morgan fingerprint density at radius 3 is 1.83 bits per heavy atom. The Hall–Kier alpha value is -3.01. The number of hydrogen-bond acceptors (Lipinski definition) is 3. The van der Waals surface area contributed by atoms with Gasteiger partial charge in [-0.25, -0.2) is 0 Å². The van der Waals surface area contributed by atoms with Crippen LogP contribution >= 0.6 is 0 Å². The van der Waals surface area contributed by atoms with Crippen LogP contribution in [0.2, 0.25) is 0 Å². The summed E-state index contributed by atoms with van der Waals surface area (Å²) in [4.78, 5) is 12.6. The first-order valence-corrected chi connectivity index (χ1v) is 7.94. The number of amides is 1. The second-order valence-corrected chi connectivity index (χ2v) is 6.11. The summed E-state index contributed by atoms with van der Waals surface area (Å²) in [6, 6.07) is 13.8. The highest BCUT2D eigenvalue weighted by Crippen LogP contribution is 2.46. The number of carbonyl (C=O) groups excluding carboxylic acids is 1. The largest absolute Gasteiger partial charge is 0.508 e. The van der Waals surface area contributed by atoms with E-state index < -0.39 is 5.54 Å². The second kappa shape index (κ2) is 5.27. The van der Waals surface area contributed by atoms with E-state index in [-0.39, 0.29) is 17.4 Å². The molecule has 0 atom stereocenters. The van der Waals surface area contributed by atoms with Gasteiger partial charge in [0.1, 0.15) is 17.0 Å². The summed E-state index contributed by atoms with van der Waals surface area (Å²) in [5.74, 6) is 0.261. The number of rotatable bonds is 2. The van der Waals surface area contributed by atoms with Gasteiger partial charge in [-0.2, -0.15) is 0 Å². The molecule has 120 valence electrons. The van der Waals surface area contributed by atoms with E-state index in [1.807, 2.05) is 30.3 Å². The lowest BCUT2D eigenvalue weighted by Crippen LogP contribution is -2.41. The van der Waals surface area contributed by atoms with Crippen molar-refractivity contribution in [1.82, 2.24) is 5.32 Å². The normalized spacial score (nSPS) is 18.4. The molecule has 0 radical (unpaired) electrons. The third-order valence-corrected chi connectivity index (χ3v) is 4.70. The highest BCUT2D eigenvalue weighted by Gasteiger charge is 2.48. The molecular formula is C20H17NO3. The maximum atomic E-state index is 12.6. The molecule has 2 aromatic rings. The first-order chi connectivity index (χ1) is 11.6. The van der Waals surface area contributed by atoms with Gasteiger partial charge in [0.25, 0.3) is 5.91 Å². The lowest BCUT2D eigenvalue weighted by Gasteiger charge is -2.33. The van der Waals surface area contributed by atoms with Crippen molar-refractivity contribution in [3.05, 3.63) is 83.0 Å². The van der Waals surface area contributed by atoms with E-state index >= 15 is 0 Å². The van der Waals surface area contributed by atoms with E-state index in [2.05, 4.69) is 11.4 Å². The van der Waals surface area contributed by atoms with Gasteiger partial charge >= 0.3 is 0 Å². The van der Waals surface area contributed by atoms with Crippen molar-refractivity contribution in [3.8, 4) is 11.5 Å². The zero-order valence-corrected chi connectivity index (χ0v) is 13.0. The molecule has 2 aromatic carbocycles. The molecule has 2 aliphatic rings. The fourth-order valence-corrected chi connectivity index (χ4v) is 3.60. The fraction of sp³-hybridized carbons (Fsp3) is 0.150. The van der Waals surface area contributed by atoms with Gasteiger partial charge in [0.2, 0.25) is 0 Å². The summed E-state index contributed by atoms with van der Waals surface area (Å²) in [5.41, 5.74) is 2.59. The minimum Gasteiger partial charge on any atom is -0.508 e. The van der Waals surface area contributed by atoms with E-state index in [9.17, 15) is 15.0 Å². The Labute approximate surface area is 139 Å². The summed E-state index contributed by atoms with van der Waals surface area (Å²) < 4.78 is 0. The van der Waals surface area contributed by atoms with Gasteiger partial charge in [-0.05, 0) is 53.8 Å². The number of benzene rings is 2. The van der Waals surface area contributed by atoms with Gasteiger partial charge in [0.05, 0.1) is 0 Å². The number of phenolic OH excluding ortho intramolecular Hbond substituents is 2. The molecule has 1 amide bonds. The second-order valence-electron chi connectivity index (χ2n) is 6.11. The van der Waals surface area contributed by atoms with E-state index in [0.29, 0.717) is 5.57 Å². The molecular weight excluding hydrogens is 302 g/mol. The van der Waals surface area contributed by atoms with Gasteiger partial charge in [-0.15, -0.1) is 0 Å². The highest BCUT2D eigenvalue weighted by molar-refractivity contribution is 6.04. The van der Waals surface area contributed by atoms with Crippen molar-refractivity contribution in [3.63, 3.8) is 0 Å². The van der Waals surface area contributed by atoms with Crippen LogP contribution in [0.1, 0.15) is 24.0 Å². The Morgan fingerprint density at radius 2 is 1.29 bits per heavy atom. The van der Waals surface area contributed by atoms with Gasteiger partial charge in [0, 0.05) is 5.57 Å². The molecule has 0 aromatic heterocycles. The average Bonchev–Trinajstić information content (AvgIpc) is 2.91. The molecule has 1 heterocycles. The molecule has 24 heavy (non-hydrogen) atoms. The summed E-state index contributed by atoms with van der Waals surface area (Å²) in [7, 11) is 0. The van der Waals surface area contributed by atoms with Crippen molar-refractivity contribution in [2.45, 2.75) is 18.4 Å². The SMILES string of the molecule is O=C1NC(c2ccc(O)cc2)(c2ccc(O)cc2)C2=CCCC=C12. The number of phenols is 2.